The van der Waals surface area contributed by atoms with Crippen molar-refractivity contribution < 1.29 is 4.74 Å². The van der Waals surface area contributed by atoms with Gasteiger partial charge in [-0.3, -0.25) is 0 Å². The molecule has 1 aromatic heterocycles. The van der Waals surface area contributed by atoms with Crippen molar-refractivity contribution in [3.05, 3.63) is 30.4 Å². The number of aryl methyl sites for hydroxylation is 1. The lowest BCUT2D eigenvalue weighted by Crippen LogP contribution is -2.07. The van der Waals surface area contributed by atoms with Gasteiger partial charge in [-0.1, -0.05) is 6.58 Å². The highest BCUT2D eigenvalue weighted by molar-refractivity contribution is 5.27. The lowest BCUT2D eigenvalue weighted by molar-refractivity contribution is 0.364. The molecule has 0 atom stereocenters. The number of fused-ring (bicyclic) bond motifs is 1. The number of hydrogen-bond acceptors (Lipinski definition) is 3. The van der Waals surface area contributed by atoms with E-state index in [0.717, 1.165) is 24.2 Å². The van der Waals surface area contributed by atoms with Crippen molar-refractivity contribution in [1.29, 1.82) is 0 Å². The summed E-state index contributed by atoms with van der Waals surface area (Å²) >= 11 is 0. The van der Waals surface area contributed by atoms with Crippen molar-refractivity contribution in [2.45, 2.75) is 12.8 Å². The van der Waals surface area contributed by atoms with Crippen LogP contribution in [0.5, 0.6) is 5.88 Å². The summed E-state index contributed by atoms with van der Waals surface area (Å²) in [4.78, 5) is 7.88. The zero-order valence-electron chi connectivity index (χ0n) is 6.08. The third kappa shape index (κ3) is 1.09. The quantitative estimate of drug-likeness (QED) is 0.556. The average Bonchev–Trinajstić information content (AvgIpc) is 2.04. The maximum absolute atomic E-state index is 5.29. The number of aromatic nitrogens is 2. The van der Waals surface area contributed by atoms with Crippen molar-refractivity contribution in [2.24, 2.45) is 0 Å². The minimum absolute atomic E-state index is 0.663. The summed E-state index contributed by atoms with van der Waals surface area (Å²) in [5.74, 6) is 1.45. The lowest BCUT2D eigenvalue weighted by Gasteiger charge is -2.15. The van der Waals surface area contributed by atoms with Gasteiger partial charge in [-0.15, -0.1) is 0 Å². The molecule has 0 amide bonds. The third-order valence-corrected chi connectivity index (χ3v) is 1.66. The molecule has 0 fully saturated rings. The number of hydrogen-bond donors (Lipinski definition) is 0. The number of ether oxygens (including phenoxy) is 1. The summed E-state index contributed by atoms with van der Waals surface area (Å²) in [6.07, 6.45) is 5.08. The van der Waals surface area contributed by atoms with Crippen molar-refractivity contribution in [1.82, 2.24) is 9.97 Å². The fourth-order valence-electron chi connectivity index (χ4n) is 1.07. The van der Waals surface area contributed by atoms with Crippen LogP contribution in [0, 0.1) is 0 Å². The molecule has 1 aliphatic rings. The number of allylic oxidation sites excluding steroid dienone is 1. The largest absolute Gasteiger partial charge is 0.444 e. The molecule has 0 N–H and O–H groups in total. The predicted molar refractivity (Wildman–Crippen MR) is 40.1 cm³/mol. The first-order valence-electron chi connectivity index (χ1n) is 3.51. The first-order chi connectivity index (χ1) is 5.36. The SMILES string of the molecule is C=C1CCc2cncnc2O1. The molecule has 0 unspecified atom stereocenters. The van der Waals surface area contributed by atoms with Crippen LogP contribution in [-0.2, 0) is 6.42 Å². The monoisotopic (exact) mass is 148 g/mol. The first-order valence-corrected chi connectivity index (χ1v) is 3.51. The normalized spacial score (nSPS) is 15.5. The highest BCUT2D eigenvalue weighted by atomic mass is 16.5. The Labute approximate surface area is 64.7 Å². The van der Waals surface area contributed by atoms with Gasteiger partial charge in [-0.2, -0.15) is 0 Å². The maximum Gasteiger partial charge on any atom is 0.224 e. The van der Waals surface area contributed by atoms with Crippen LogP contribution >= 0.6 is 0 Å². The smallest absolute Gasteiger partial charge is 0.224 e. The second-order valence-corrected chi connectivity index (χ2v) is 2.49. The second kappa shape index (κ2) is 2.34. The molecule has 0 aliphatic carbocycles. The molecule has 0 radical (unpaired) electrons. The van der Waals surface area contributed by atoms with E-state index in [9.17, 15) is 0 Å². The Morgan fingerprint density at radius 2 is 2.36 bits per heavy atom. The lowest BCUT2D eigenvalue weighted by atomic mass is 10.1. The van der Waals surface area contributed by atoms with Gasteiger partial charge >= 0.3 is 0 Å². The molecule has 56 valence electrons. The average molecular weight is 148 g/mol. The topological polar surface area (TPSA) is 35.0 Å². The molecule has 1 aromatic rings. The van der Waals surface area contributed by atoms with Crippen molar-refractivity contribution in [2.75, 3.05) is 0 Å². The summed E-state index contributed by atoms with van der Waals surface area (Å²) < 4.78 is 5.29. The molecule has 0 saturated heterocycles. The van der Waals surface area contributed by atoms with Gasteiger partial charge in [0.1, 0.15) is 6.33 Å². The van der Waals surface area contributed by atoms with E-state index in [1.807, 2.05) is 0 Å². The van der Waals surface area contributed by atoms with Crippen LogP contribution in [0.3, 0.4) is 0 Å². The van der Waals surface area contributed by atoms with Gasteiger partial charge in [-0.25, -0.2) is 9.97 Å². The van der Waals surface area contributed by atoms with E-state index >= 15 is 0 Å². The van der Waals surface area contributed by atoms with E-state index in [1.165, 1.54) is 6.33 Å². The van der Waals surface area contributed by atoms with E-state index in [4.69, 9.17) is 4.74 Å². The molecular formula is C8H8N2O. The summed E-state index contributed by atoms with van der Waals surface area (Å²) in [5.41, 5.74) is 1.07. The third-order valence-electron chi connectivity index (χ3n) is 1.66. The second-order valence-electron chi connectivity index (χ2n) is 2.49. The predicted octanol–water partition coefficient (Wildman–Crippen LogP) is 1.32. The Hall–Kier alpha value is -1.38. The van der Waals surface area contributed by atoms with Crippen LogP contribution in [0.15, 0.2) is 24.9 Å². The first kappa shape index (κ1) is 6.34. The zero-order valence-corrected chi connectivity index (χ0v) is 6.08. The van der Waals surface area contributed by atoms with Gasteiger partial charge in [0.05, 0.1) is 5.76 Å². The molecule has 2 rings (SSSR count). The summed E-state index contributed by atoms with van der Waals surface area (Å²) in [7, 11) is 0. The fourth-order valence-corrected chi connectivity index (χ4v) is 1.07. The Balaban J connectivity index is 2.41. The van der Waals surface area contributed by atoms with Gasteiger partial charge < -0.3 is 4.74 Å². The van der Waals surface area contributed by atoms with E-state index in [1.54, 1.807) is 6.20 Å². The van der Waals surface area contributed by atoms with Gasteiger partial charge in [-0.05, 0) is 6.42 Å². The summed E-state index contributed by atoms with van der Waals surface area (Å²) in [6.45, 7) is 3.73. The van der Waals surface area contributed by atoms with Gasteiger partial charge in [0.25, 0.3) is 0 Å². The Kier molecular flexibility index (Phi) is 1.35. The molecule has 1 aliphatic heterocycles. The van der Waals surface area contributed by atoms with Crippen LogP contribution in [0.1, 0.15) is 12.0 Å². The molecule has 0 saturated carbocycles. The Morgan fingerprint density at radius 3 is 3.27 bits per heavy atom. The molecule has 3 nitrogen and oxygen atoms in total. The summed E-state index contributed by atoms with van der Waals surface area (Å²) in [6, 6.07) is 0. The van der Waals surface area contributed by atoms with E-state index < -0.39 is 0 Å². The van der Waals surface area contributed by atoms with Crippen molar-refractivity contribution >= 4 is 0 Å². The summed E-state index contributed by atoms with van der Waals surface area (Å²) in [5, 5.41) is 0. The molecule has 3 heteroatoms. The number of rotatable bonds is 0. The zero-order chi connectivity index (χ0) is 7.68. The van der Waals surface area contributed by atoms with Crippen molar-refractivity contribution in [3.8, 4) is 5.88 Å². The van der Waals surface area contributed by atoms with Crippen LogP contribution in [-0.4, -0.2) is 9.97 Å². The van der Waals surface area contributed by atoms with E-state index in [-0.39, 0.29) is 0 Å². The molecule has 0 spiro atoms. The minimum atomic E-state index is 0.663. The van der Waals surface area contributed by atoms with Gasteiger partial charge in [0.15, 0.2) is 0 Å². The maximum atomic E-state index is 5.29. The van der Waals surface area contributed by atoms with Crippen LogP contribution in [0.25, 0.3) is 0 Å². The molecule has 11 heavy (non-hydrogen) atoms. The van der Waals surface area contributed by atoms with Gasteiger partial charge in [0, 0.05) is 18.2 Å². The Bertz CT molecular complexity index is 296. The Morgan fingerprint density at radius 1 is 1.45 bits per heavy atom. The fraction of sp³-hybridized carbons (Fsp3) is 0.250. The van der Waals surface area contributed by atoms with Gasteiger partial charge in [0.2, 0.25) is 5.88 Å². The number of nitrogens with zero attached hydrogens (tertiary/aromatic N) is 2. The highest BCUT2D eigenvalue weighted by Crippen LogP contribution is 2.24. The highest BCUT2D eigenvalue weighted by Gasteiger charge is 2.13. The molecule has 0 aromatic carbocycles. The molecule has 2 heterocycles. The van der Waals surface area contributed by atoms with Crippen LogP contribution in [0.4, 0.5) is 0 Å². The van der Waals surface area contributed by atoms with E-state index in [2.05, 4.69) is 16.5 Å². The van der Waals surface area contributed by atoms with Crippen LogP contribution < -0.4 is 4.74 Å². The molecule has 0 bridgehead atoms. The van der Waals surface area contributed by atoms with E-state index in [0.29, 0.717) is 5.88 Å². The standard InChI is InChI=1S/C8H8N2O/c1-6-2-3-7-4-9-5-10-8(7)11-6/h4-5H,1-3H2. The molecular weight excluding hydrogens is 140 g/mol. The van der Waals surface area contributed by atoms with Crippen molar-refractivity contribution in [3.63, 3.8) is 0 Å². The minimum Gasteiger partial charge on any atom is -0.444 e. The van der Waals surface area contributed by atoms with Crippen LogP contribution in [0.2, 0.25) is 0 Å².